The Balaban J connectivity index is 2.41. The van der Waals surface area contributed by atoms with Crippen LogP contribution in [0.1, 0.15) is 26.0 Å². The maximum absolute atomic E-state index is 8.93. The van der Waals surface area contributed by atoms with Crippen LogP contribution in [0.2, 0.25) is 0 Å². The first-order valence-electron chi connectivity index (χ1n) is 5.44. The monoisotopic (exact) mass is 337 g/mol. The molecule has 0 atom stereocenters. The fourth-order valence-corrected chi connectivity index (χ4v) is 2.21. The second-order valence-electron chi connectivity index (χ2n) is 4.80. The van der Waals surface area contributed by atoms with Crippen molar-refractivity contribution in [2.24, 2.45) is 12.5 Å². The molecule has 0 aromatic carbocycles. The summed E-state index contributed by atoms with van der Waals surface area (Å²) in [6, 6.07) is 0. The number of aromatic nitrogens is 2. The van der Waals surface area contributed by atoms with E-state index >= 15 is 0 Å². The molecular weight excluding hydrogens is 317 g/mol. The average Bonchev–Trinajstić information content (AvgIpc) is 2.48. The van der Waals surface area contributed by atoms with E-state index < -0.39 is 0 Å². The van der Waals surface area contributed by atoms with Crippen LogP contribution >= 0.6 is 22.6 Å². The topological polar surface area (TPSA) is 50.1 Å². The van der Waals surface area contributed by atoms with Crippen molar-refractivity contribution in [1.29, 1.82) is 0 Å². The quantitative estimate of drug-likeness (QED) is 0.774. The van der Waals surface area contributed by atoms with E-state index in [1.165, 1.54) is 9.26 Å². The molecule has 16 heavy (non-hydrogen) atoms. The lowest BCUT2D eigenvalue weighted by atomic mass is 9.90. The van der Waals surface area contributed by atoms with Gasteiger partial charge < -0.3 is 10.4 Å². The lowest BCUT2D eigenvalue weighted by Crippen LogP contribution is -2.30. The Hall–Kier alpha value is -0.140. The predicted molar refractivity (Wildman–Crippen MR) is 73.1 cm³/mol. The zero-order valence-electron chi connectivity index (χ0n) is 10.1. The maximum atomic E-state index is 8.93. The molecule has 0 aliphatic carbocycles. The number of hydrogen-bond acceptors (Lipinski definition) is 3. The molecule has 0 aliphatic rings. The third-order valence-corrected chi connectivity index (χ3v) is 3.60. The molecular formula is C11H20IN3O. The largest absolute Gasteiger partial charge is 0.396 e. The number of aliphatic hydroxyl groups is 1. The summed E-state index contributed by atoms with van der Waals surface area (Å²) in [6.45, 7) is 6.28. The SMILES string of the molecule is Cn1ncc(I)c1CNCC(C)(C)CCO. The molecule has 0 fully saturated rings. The van der Waals surface area contributed by atoms with E-state index in [9.17, 15) is 0 Å². The molecule has 0 saturated carbocycles. The molecule has 1 heterocycles. The van der Waals surface area contributed by atoms with Gasteiger partial charge in [0.2, 0.25) is 0 Å². The van der Waals surface area contributed by atoms with Crippen LogP contribution in [0.5, 0.6) is 0 Å². The van der Waals surface area contributed by atoms with Gasteiger partial charge in [0.05, 0.1) is 15.5 Å². The zero-order valence-corrected chi connectivity index (χ0v) is 12.3. The third kappa shape index (κ3) is 4.03. The van der Waals surface area contributed by atoms with Gasteiger partial charge in [-0.3, -0.25) is 4.68 Å². The normalized spacial score (nSPS) is 12.1. The number of nitrogens with zero attached hydrogens (tertiary/aromatic N) is 2. The van der Waals surface area contributed by atoms with E-state index in [1.54, 1.807) is 0 Å². The highest BCUT2D eigenvalue weighted by Gasteiger charge is 2.16. The van der Waals surface area contributed by atoms with Crippen LogP contribution in [0, 0.1) is 8.99 Å². The number of hydrogen-bond donors (Lipinski definition) is 2. The second-order valence-corrected chi connectivity index (χ2v) is 5.97. The van der Waals surface area contributed by atoms with Crippen molar-refractivity contribution in [2.45, 2.75) is 26.8 Å². The molecule has 0 spiro atoms. The lowest BCUT2D eigenvalue weighted by Gasteiger charge is -2.24. The maximum Gasteiger partial charge on any atom is 0.0652 e. The standard InChI is InChI=1S/C11H20IN3O/c1-11(2,4-5-16)8-13-7-10-9(12)6-14-15(10)3/h6,13,16H,4-5,7-8H2,1-3H3. The molecule has 4 nitrogen and oxygen atoms in total. The summed E-state index contributed by atoms with van der Waals surface area (Å²) in [5.74, 6) is 0. The van der Waals surface area contributed by atoms with Gasteiger partial charge in [-0.1, -0.05) is 13.8 Å². The first-order chi connectivity index (χ1) is 7.46. The van der Waals surface area contributed by atoms with Crippen LogP contribution in [0.15, 0.2) is 6.20 Å². The minimum absolute atomic E-state index is 0.138. The zero-order chi connectivity index (χ0) is 12.2. The average molecular weight is 337 g/mol. The minimum Gasteiger partial charge on any atom is -0.396 e. The molecule has 1 rings (SSSR count). The van der Waals surface area contributed by atoms with Crippen LogP contribution in [-0.2, 0) is 13.6 Å². The molecule has 0 radical (unpaired) electrons. The Kier molecular flexibility index (Phi) is 5.20. The van der Waals surface area contributed by atoms with Crippen molar-refractivity contribution in [3.8, 4) is 0 Å². The van der Waals surface area contributed by atoms with E-state index in [2.05, 4.69) is 46.9 Å². The lowest BCUT2D eigenvalue weighted by molar-refractivity contribution is 0.206. The molecule has 92 valence electrons. The Bertz CT molecular complexity index is 316. The van der Waals surface area contributed by atoms with Gasteiger partial charge in [0.25, 0.3) is 0 Å². The van der Waals surface area contributed by atoms with Crippen molar-refractivity contribution in [3.05, 3.63) is 15.5 Å². The number of nitrogens with one attached hydrogen (secondary N) is 1. The molecule has 0 amide bonds. The summed E-state index contributed by atoms with van der Waals surface area (Å²) < 4.78 is 3.08. The van der Waals surface area contributed by atoms with E-state index in [0.29, 0.717) is 0 Å². The molecule has 0 saturated heterocycles. The molecule has 1 aromatic heterocycles. The van der Waals surface area contributed by atoms with Crippen LogP contribution in [-0.4, -0.2) is 28.0 Å². The van der Waals surface area contributed by atoms with Gasteiger partial charge in [-0.05, 0) is 34.4 Å². The van der Waals surface area contributed by atoms with E-state index in [0.717, 1.165) is 19.5 Å². The fourth-order valence-electron chi connectivity index (χ4n) is 1.55. The van der Waals surface area contributed by atoms with Crippen LogP contribution in [0.25, 0.3) is 0 Å². The minimum atomic E-state index is 0.138. The predicted octanol–water partition coefficient (Wildman–Crippen LogP) is 1.52. The van der Waals surface area contributed by atoms with E-state index in [1.807, 2.05) is 17.9 Å². The first kappa shape index (κ1) is 13.9. The van der Waals surface area contributed by atoms with Crippen molar-refractivity contribution >= 4 is 22.6 Å². The van der Waals surface area contributed by atoms with Gasteiger partial charge in [0.1, 0.15) is 0 Å². The number of aliphatic hydroxyl groups excluding tert-OH is 1. The molecule has 5 heteroatoms. The van der Waals surface area contributed by atoms with Crippen molar-refractivity contribution in [3.63, 3.8) is 0 Å². The van der Waals surface area contributed by atoms with Gasteiger partial charge in [0.15, 0.2) is 0 Å². The third-order valence-electron chi connectivity index (χ3n) is 2.70. The number of rotatable bonds is 6. The highest BCUT2D eigenvalue weighted by molar-refractivity contribution is 14.1. The van der Waals surface area contributed by atoms with Crippen molar-refractivity contribution in [2.75, 3.05) is 13.2 Å². The van der Waals surface area contributed by atoms with Crippen LogP contribution < -0.4 is 5.32 Å². The summed E-state index contributed by atoms with van der Waals surface area (Å²) in [4.78, 5) is 0. The van der Waals surface area contributed by atoms with E-state index in [-0.39, 0.29) is 12.0 Å². The van der Waals surface area contributed by atoms with Gasteiger partial charge in [-0.25, -0.2) is 0 Å². The van der Waals surface area contributed by atoms with Gasteiger partial charge in [0, 0.05) is 26.7 Å². The number of halogens is 1. The summed E-state index contributed by atoms with van der Waals surface area (Å²) in [5.41, 5.74) is 1.35. The fraction of sp³-hybridized carbons (Fsp3) is 0.727. The van der Waals surface area contributed by atoms with Crippen molar-refractivity contribution < 1.29 is 5.11 Å². The molecule has 1 aromatic rings. The molecule has 0 bridgehead atoms. The van der Waals surface area contributed by atoms with E-state index in [4.69, 9.17) is 5.11 Å². The van der Waals surface area contributed by atoms with Gasteiger partial charge in [-0.15, -0.1) is 0 Å². The molecule has 0 unspecified atom stereocenters. The highest BCUT2D eigenvalue weighted by Crippen LogP contribution is 2.18. The van der Waals surface area contributed by atoms with Gasteiger partial charge in [-0.2, -0.15) is 5.10 Å². The summed E-state index contributed by atoms with van der Waals surface area (Å²) in [5, 5.41) is 16.5. The molecule has 0 aliphatic heterocycles. The summed E-state index contributed by atoms with van der Waals surface area (Å²) in [6.07, 6.45) is 2.69. The Labute approximate surface area is 111 Å². The highest BCUT2D eigenvalue weighted by atomic mass is 127. The number of aryl methyl sites for hydroxylation is 1. The Morgan fingerprint density at radius 3 is 2.75 bits per heavy atom. The van der Waals surface area contributed by atoms with Crippen molar-refractivity contribution in [1.82, 2.24) is 15.1 Å². The Morgan fingerprint density at radius 2 is 2.25 bits per heavy atom. The van der Waals surface area contributed by atoms with Crippen LogP contribution in [0.3, 0.4) is 0 Å². The Morgan fingerprint density at radius 1 is 1.56 bits per heavy atom. The van der Waals surface area contributed by atoms with Crippen LogP contribution in [0.4, 0.5) is 0 Å². The molecule has 2 N–H and O–H groups in total. The van der Waals surface area contributed by atoms with Gasteiger partial charge >= 0.3 is 0 Å². The summed E-state index contributed by atoms with van der Waals surface area (Å²) in [7, 11) is 1.96. The first-order valence-corrected chi connectivity index (χ1v) is 6.52. The second kappa shape index (κ2) is 5.97. The smallest absolute Gasteiger partial charge is 0.0652 e. The summed E-state index contributed by atoms with van der Waals surface area (Å²) >= 11 is 2.30.